The van der Waals surface area contributed by atoms with E-state index in [-0.39, 0.29) is 5.11 Å². The van der Waals surface area contributed by atoms with E-state index < -0.39 is 0 Å². The molecule has 0 aliphatic rings. The molecule has 0 spiro atoms. The quantitative estimate of drug-likeness (QED) is 0.454. The van der Waals surface area contributed by atoms with E-state index in [1.807, 2.05) is 24.3 Å². The smallest absolute Gasteiger partial charge is 0.184 e. The number of nitrogens with one attached hydrogen (secondary N) is 1. The van der Waals surface area contributed by atoms with Crippen LogP contribution >= 0.6 is 12.2 Å². The second kappa shape index (κ2) is 6.10. The minimum atomic E-state index is 0.149. The van der Waals surface area contributed by atoms with Crippen LogP contribution in [0.25, 0.3) is 0 Å². The number of nitrogens with zero attached hydrogens (tertiary/aromatic N) is 1. The first-order valence-electron chi connectivity index (χ1n) is 4.39. The van der Waals surface area contributed by atoms with Crippen LogP contribution in [0.4, 0.5) is 0 Å². The Morgan fingerprint density at radius 2 is 2.33 bits per heavy atom. The first-order valence-corrected chi connectivity index (χ1v) is 4.80. The van der Waals surface area contributed by atoms with Crippen molar-refractivity contribution in [1.82, 2.24) is 5.43 Å². The van der Waals surface area contributed by atoms with Crippen LogP contribution < -0.4 is 11.2 Å². The van der Waals surface area contributed by atoms with Crippen LogP contribution in [0.1, 0.15) is 11.1 Å². The van der Waals surface area contributed by atoms with Crippen LogP contribution in [-0.4, -0.2) is 18.4 Å². The maximum atomic E-state index is 5.24. The number of hydrazone groups is 1. The molecule has 1 aromatic carbocycles. The van der Waals surface area contributed by atoms with Crippen molar-refractivity contribution in [1.29, 1.82) is 0 Å². The number of hydrogen-bond acceptors (Lipinski definition) is 3. The third kappa shape index (κ3) is 4.05. The molecule has 0 fully saturated rings. The predicted octanol–water partition coefficient (Wildman–Crippen LogP) is 1.00. The third-order valence-electron chi connectivity index (χ3n) is 1.73. The average Bonchev–Trinajstić information content (AvgIpc) is 2.20. The molecule has 0 aliphatic heterocycles. The molecule has 0 heterocycles. The van der Waals surface area contributed by atoms with Crippen molar-refractivity contribution in [2.24, 2.45) is 10.8 Å². The SMILES string of the molecule is COCc1ccccc1C=NNC(N)=S. The molecule has 0 aliphatic carbocycles. The van der Waals surface area contributed by atoms with Gasteiger partial charge in [-0.3, -0.25) is 5.43 Å². The fourth-order valence-corrected chi connectivity index (χ4v) is 1.17. The van der Waals surface area contributed by atoms with Gasteiger partial charge in [0, 0.05) is 12.7 Å². The molecule has 0 unspecified atom stereocenters. The summed E-state index contributed by atoms with van der Waals surface area (Å²) >= 11 is 4.62. The summed E-state index contributed by atoms with van der Waals surface area (Å²) in [6, 6.07) is 7.80. The molecule has 5 heteroatoms. The van der Waals surface area contributed by atoms with Gasteiger partial charge in [0.05, 0.1) is 12.8 Å². The standard InChI is InChI=1S/C10H13N3OS/c1-14-7-9-5-3-2-4-8(9)6-12-13-10(11)15/h2-6H,7H2,1H3,(H3,11,13,15). The molecule has 0 atom stereocenters. The van der Waals surface area contributed by atoms with Gasteiger partial charge in [-0.05, 0) is 17.8 Å². The topological polar surface area (TPSA) is 59.6 Å². The number of nitrogens with two attached hydrogens (primary N) is 1. The zero-order chi connectivity index (χ0) is 11.1. The highest BCUT2D eigenvalue weighted by molar-refractivity contribution is 7.80. The lowest BCUT2D eigenvalue weighted by Crippen LogP contribution is -2.24. The van der Waals surface area contributed by atoms with Gasteiger partial charge in [-0.2, -0.15) is 5.10 Å². The summed E-state index contributed by atoms with van der Waals surface area (Å²) in [5, 5.41) is 4.04. The Balaban J connectivity index is 2.74. The fourth-order valence-electron chi connectivity index (χ4n) is 1.11. The fraction of sp³-hybridized carbons (Fsp3) is 0.200. The number of methoxy groups -OCH3 is 1. The minimum absolute atomic E-state index is 0.149. The van der Waals surface area contributed by atoms with Gasteiger partial charge in [0.2, 0.25) is 0 Å². The summed E-state index contributed by atoms with van der Waals surface area (Å²) < 4.78 is 5.06. The predicted molar refractivity (Wildman–Crippen MR) is 64.7 cm³/mol. The summed E-state index contributed by atoms with van der Waals surface area (Å²) in [6.07, 6.45) is 1.66. The second-order valence-electron chi connectivity index (χ2n) is 2.87. The molecule has 1 rings (SSSR count). The lowest BCUT2D eigenvalue weighted by atomic mass is 10.1. The van der Waals surface area contributed by atoms with Gasteiger partial charge < -0.3 is 10.5 Å². The highest BCUT2D eigenvalue weighted by Crippen LogP contribution is 2.06. The molecule has 4 nitrogen and oxygen atoms in total. The van der Waals surface area contributed by atoms with E-state index in [4.69, 9.17) is 10.5 Å². The third-order valence-corrected chi connectivity index (χ3v) is 1.82. The highest BCUT2D eigenvalue weighted by atomic mass is 32.1. The molecule has 3 N–H and O–H groups in total. The van der Waals surface area contributed by atoms with E-state index in [9.17, 15) is 0 Å². The van der Waals surface area contributed by atoms with E-state index in [1.54, 1.807) is 13.3 Å². The molecule has 0 saturated carbocycles. The first kappa shape index (κ1) is 11.6. The van der Waals surface area contributed by atoms with Crippen LogP contribution in [0.5, 0.6) is 0 Å². The Morgan fingerprint density at radius 1 is 1.60 bits per heavy atom. The largest absolute Gasteiger partial charge is 0.380 e. The minimum Gasteiger partial charge on any atom is -0.380 e. The Morgan fingerprint density at radius 3 is 3.00 bits per heavy atom. The van der Waals surface area contributed by atoms with Crippen molar-refractivity contribution < 1.29 is 4.74 Å². The zero-order valence-corrected chi connectivity index (χ0v) is 9.25. The molecular weight excluding hydrogens is 210 g/mol. The van der Waals surface area contributed by atoms with E-state index in [0.29, 0.717) is 6.61 Å². The zero-order valence-electron chi connectivity index (χ0n) is 8.43. The molecule has 0 saturated heterocycles. The Bertz CT molecular complexity index is 365. The number of ether oxygens (including phenoxy) is 1. The molecule has 15 heavy (non-hydrogen) atoms. The number of hydrogen-bond donors (Lipinski definition) is 2. The average molecular weight is 223 g/mol. The number of benzene rings is 1. The van der Waals surface area contributed by atoms with Crippen LogP contribution in [0.2, 0.25) is 0 Å². The molecule has 1 aromatic rings. The summed E-state index contributed by atoms with van der Waals surface area (Å²) in [6.45, 7) is 0.551. The van der Waals surface area contributed by atoms with Crippen molar-refractivity contribution in [2.75, 3.05) is 7.11 Å². The molecular formula is C10H13N3OS. The Hall–Kier alpha value is -1.46. The van der Waals surface area contributed by atoms with Crippen molar-refractivity contribution >= 4 is 23.5 Å². The highest BCUT2D eigenvalue weighted by Gasteiger charge is 1.97. The molecule has 0 amide bonds. The van der Waals surface area contributed by atoms with Gasteiger partial charge in [-0.15, -0.1) is 0 Å². The molecule has 0 aromatic heterocycles. The van der Waals surface area contributed by atoms with Crippen molar-refractivity contribution in [3.05, 3.63) is 35.4 Å². The van der Waals surface area contributed by atoms with Crippen LogP contribution in [0.15, 0.2) is 29.4 Å². The van der Waals surface area contributed by atoms with Gasteiger partial charge in [-0.1, -0.05) is 24.3 Å². The summed E-state index contributed by atoms with van der Waals surface area (Å²) in [5.74, 6) is 0. The lowest BCUT2D eigenvalue weighted by molar-refractivity contribution is 0.185. The van der Waals surface area contributed by atoms with Crippen molar-refractivity contribution in [2.45, 2.75) is 6.61 Å². The van der Waals surface area contributed by atoms with Crippen LogP contribution in [0, 0.1) is 0 Å². The summed E-state index contributed by atoms with van der Waals surface area (Å²) in [4.78, 5) is 0. The van der Waals surface area contributed by atoms with Crippen LogP contribution in [-0.2, 0) is 11.3 Å². The van der Waals surface area contributed by atoms with Crippen molar-refractivity contribution in [3.63, 3.8) is 0 Å². The molecule has 80 valence electrons. The summed E-state index contributed by atoms with van der Waals surface area (Å²) in [7, 11) is 1.65. The lowest BCUT2D eigenvalue weighted by Gasteiger charge is -2.03. The van der Waals surface area contributed by atoms with Gasteiger partial charge in [0.15, 0.2) is 5.11 Å². The maximum Gasteiger partial charge on any atom is 0.184 e. The number of rotatable bonds is 4. The van der Waals surface area contributed by atoms with Gasteiger partial charge in [-0.25, -0.2) is 0 Å². The Kier molecular flexibility index (Phi) is 4.73. The van der Waals surface area contributed by atoms with E-state index in [2.05, 4.69) is 22.7 Å². The Labute approximate surface area is 94.1 Å². The second-order valence-corrected chi connectivity index (χ2v) is 3.31. The number of thiocarbonyl (C=S) groups is 1. The molecule has 0 bridgehead atoms. The summed E-state index contributed by atoms with van der Waals surface area (Å²) in [5.41, 5.74) is 9.77. The van der Waals surface area contributed by atoms with E-state index in [1.165, 1.54) is 0 Å². The monoisotopic (exact) mass is 223 g/mol. The van der Waals surface area contributed by atoms with Crippen LogP contribution in [0.3, 0.4) is 0 Å². The normalized spacial score (nSPS) is 10.5. The van der Waals surface area contributed by atoms with Crippen molar-refractivity contribution in [3.8, 4) is 0 Å². The van der Waals surface area contributed by atoms with E-state index >= 15 is 0 Å². The first-order chi connectivity index (χ1) is 7.24. The van der Waals surface area contributed by atoms with Gasteiger partial charge in [0.1, 0.15) is 0 Å². The maximum absolute atomic E-state index is 5.24. The van der Waals surface area contributed by atoms with Gasteiger partial charge in [0.25, 0.3) is 0 Å². The van der Waals surface area contributed by atoms with Gasteiger partial charge >= 0.3 is 0 Å². The van der Waals surface area contributed by atoms with E-state index in [0.717, 1.165) is 11.1 Å². The molecule has 0 radical (unpaired) electrons.